The third kappa shape index (κ3) is 4.78. The Morgan fingerprint density at radius 3 is 2.48 bits per heavy atom. The SMILES string of the molecule is CCCNC(=NCC1(N2CCSCC2)CCCC1)NCC. The Balaban J connectivity index is 2.00. The van der Waals surface area contributed by atoms with Gasteiger partial charge in [0.15, 0.2) is 5.96 Å². The highest BCUT2D eigenvalue weighted by Gasteiger charge is 2.39. The van der Waals surface area contributed by atoms with Crippen molar-refractivity contribution < 1.29 is 0 Å². The summed E-state index contributed by atoms with van der Waals surface area (Å²) < 4.78 is 0. The first-order valence-electron chi connectivity index (χ1n) is 8.66. The van der Waals surface area contributed by atoms with E-state index in [1.165, 1.54) is 50.3 Å². The second-order valence-corrected chi connectivity index (χ2v) is 7.38. The Bertz CT molecular complexity index is 320. The van der Waals surface area contributed by atoms with Gasteiger partial charge in [0.05, 0.1) is 6.54 Å². The van der Waals surface area contributed by atoms with E-state index < -0.39 is 0 Å². The molecule has 2 N–H and O–H groups in total. The predicted octanol–water partition coefficient (Wildman–Crippen LogP) is 2.31. The van der Waals surface area contributed by atoms with Crippen LogP contribution in [0.15, 0.2) is 4.99 Å². The first-order valence-corrected chi connectivity index (χ1v) is 9.81. The molecule has 21 heavy (non-hydrogen) atoms. The summed E-state index contributed by atoms with van der Waals surface area (Å²) >= 11 is 2.10. The van der Waals surface area contributed by atoms with Crippen LogP contribution in [0, 0.1) is 0 Å². The second-order valence-electron chi connectivity index (χ2n) is 6.15. The molecule has 0 radical (unpaired) electrons. The predicted molar refractivity (Wildman–Crippen MR) is 94.4 cm³/mol. The number of guanidine groups is 1. The van der Waals surface area contributed by atoms with Crippen LogP contribution in [0.25, 0.3) is 0 Å². The van der Waals surface area contributed by atoms with E-state index in [0.717, 1.165) is 32.0 Å². The number of aliphatic imine (C=N–C) groups is 1. The lowest BCUT2D eigenvalue weighted by Gasteiger charge is -2.42. The van der Waals surface area contributed by atoms with Crippen molar-refractivity contribution in [3.8, 4) is 0 Å². The van der Waals surface area contributed by atoms with Crippen LogP contribution in [0.1, 0.15) is 46.0 Å². The zero-order chi connectivity index (χ0) is 15.0. The topological polar surface area (TPSA) is 39.7 Å². The minimum Gasteiger partial charge on any atom is -0.357 e. The molecule has 4 nitrogen and oxygen atoms in total. The van der Waals surface area contributed by atoms with Crippen LogP contribution < -0.4 is 10.6 Å². The Morgan fingerprint density at radius 1 is 1.14 bits per heavy atom. The van der Waals surface area contributed by atoms with Gasteiger partial charge in [0.25, 0.3) is 0 Å². The molecule has 0 bridgehead atoms. The lowest BCUT2D eigenvalue weighted by molar-refractivity contribution is 0.112. The zero-order valence-electron chi connectivity index (χ0n) is 13.8. The van der Waals surface area contributed by atoms with E-state index in [4.69, 9.17) is 4.99 Å². The maximum Gasteiger partial charge on any atom is 0.191 e. The largest absolute Gasteiger partial charge is 0.357 e. The number of rotatable bonds is 6. The molecule has 2 fully saturated rings. The van der Waals surface area contributed by atoms with Crippen molar-refractivity contribution in [2.45, 2.75) is 51.5 Å². The van der Waals surface area contributed by atoms with Gasteiger partial charge in [-0.3, -0.25) is 9.89 Å². The molecule has 2 rings (SSSR count). The Hall–Kier alpha value is -0.420. The number of hydrogen-bond acceptors (Lipinski definition) is 3. The van der Waals surface area contributed by atoms with E-state index in [2.05, 4.69) is 41.1 Å². The van der Waals surface area contributed by atoms with E-state index in [0.29, 0.717) is 5.54 Å². The van der Waals surface area contributed by atoms with Crippen molar-refractivity contribution in [1.82, 2.24) is 15.5 Å². The molecule has 0 aromatic carbocycles. The maximum atomic E-state index is 4.93. The van der Waals surface area contributed by atoms with Crippen LogP contribution in [0.4, 0.5) is 0 Å². The van der Waals surface area contributed by atoms with Gasteiger partial charge in [0.1, 0.15) is 0 Å². The Morgan fingerprint density at radius 2 is 1.86 bits per heavy atom. The highest BCUT2D eigenvalue weighted by molar-refractivity contribution is 7.99. The highest BCUT2D eigenvalue weighted by atomic mass is 32.2. The van der Waals surface area contributed by atoms with Crippen molar-refractivity contribution in [2.24, 2.45) is 4.99 Å². The van der Waals surface area contributed by atoms with Gasteiger partial charge in [-0.05, 0) is 26.2 Å². The van der Waals surface area contributed by atoms with Gasteiger partial charge in [-0.15, -0.1) is 0 Å². The minimum atomic E-state index is 0.343. The molecule has 1 aliphatic carbocycles. The normalized spacial score (nSPS) is 23.2. The summed E-state index contributed by atoms with van der Waals surface area (Å²) in [4.78, 5) is 7.67. The van der Waals surface area contributed by atoms with Crippen LogP contribution in [0.3, 0.4) is 0 Å². The van der Waals surface area contributed by atoms with Crippen LogP contribution in [0.5, 0.6) is 0 Å². The molecule has 0 unspecified atom stereocenters. The molecule has 0 aromatic rings. The number of thioether (sulfide) groups is 1. The van der Waals surface area contributed by atoms with Crippen molar-refractivity contribution in [3.63, 3.8) is 0 Å². The lowest BCUT2D eigenvalue weighted by Crippen LogP contribution is -2.53. The number of hydrogen-bond donors (Lipinski definition) is 2. The van der Waals surface area contributed by atoms with Crippen molar-refractivity contribution in [3.05, 3.63) is 0 Å². The van der Waals surface area contributed by atoms with Gasteiger partial charge >= 0.3 is 0 Å². The molecule has 2 aliphatic rings. The smallest absolute Gasteiger partial charge is 0.191 e. The molecular weight excluding hydrogens is 280 g/mol. The molecule has 0 aromatic heterocycles. The fraction of sp³-hybridized carbons (Fsp3) is 0.938. The van der Waals surface area contributed by atoms with Crippen LogP contribution >= 0.6 is 11.8 Å². The molecule has 122 valence electrons. The molecule has 1 aliphatic heterocycles. The molecule has 0 amide bonds. The van der Waals surface area contributed by atoms with E-state index in [1.807, 2.05) is 0 Å². The molecule has 5 heteroatoms. The van der Waals surface area contributed by atoms with Gasteiger partial charge in [-0.25, -0.2) is 0 Å². The zero-order valence-corrected chi connectivity index (χ0v) is 14.6. The van der Waals surface area contributed by atoms with Crippen molar-refractivity contribution in [1.29, 1.82) is 0 Å². The fourth-order valence-corrected chi connectivity index (χ4v) is 4.36. The van der Waals surface area contributed by atoms with E-state index in [-0.39, 0.29) is 0 Å². The summed E-state index contributed by atoms with van der Waals surface area (Å²) in [5.41, 5.74) is 0.343. The van der Waals surface area contributed by atoms with Gasteiger partial charge in [-0.1, -0.05) is 19.8 Å². The standard InChI is InChI=1S/C16H32N4S/c1-3-9-18-15(17-4-2)19-14-16(7-5-6-8-16)20-10-12-21-13-11-20/h3-14H2,1-2H3,(H2,17,18,19). The molecule has 1 saturated carbocycles. The third-order valence-corrected chi connectivity index (χ3v) is 5.58. The van der Waals surface area contributed by atoms with E-state index in [1.54, 1.807) is 0 Å². The van der Waals surface area contributed by atoms with E-state index >= 15 is 0 Å². The van der Waals surface area contributed by atoms with Crippen LogP contribution in [0.2, 0.25) is 0 Å². The average molecular weight is 313 g/mol. The molecule has 1 saturated heterocycles. The van der Waals surface area contributed by atoms with Crippen LogP contribution in [-0.2, 0) is 0 Å². The summed E-state index contributed by atoms with van der Waals surface area (Å²) in [7, 11) is 0. The maximum absolute atomic E-state index is 4.93. The first-order chi connectivity index (χ1) is 10.3. The fourth-order valence-electron chi connectivity index (χ4n) is 3.46. The lowest BCUT2D eigenvalue weighted by atomic mass is 9.95. The van der Waals surface area contributed by atoms with Crippen LogP contribution in [-0.4, -0.2) is 60.6 Å². The Labute approximate surface area is 134 Å². The first kappa shape index (κ1) is 16.9. The summed E-state index contributed by atoms with van der Waals surface area (Å²) in [6, 6.07) is 0. The minimum absolute atomic E-state index is 0.343. The van der Waals surface area contributed by atoms with Gasteiger partial charge in [-0.2, -0.15) is 11.8 Å². The molecule has 1 heterocycles. The summed E-state index contributed by atoms with van der Waals surface area (Å²) in [5, 5.41) is 6.81. The van der Waals surface area contributed by atoms with Gasteiger partial charge in [0.2, 0.25) is 0 Å². The third-order valence-electron chi connectivity index (χ3n) is 4.63. The molecule has 0 atom stereocenters. The number of nitrogens with one attached hydrogen (secondary N) is 2. The quantitative estimate of drug-likeness (QED) is 0.583. The van der Waals surface area contributed by atoms with Gasteiger partial charge in [0, 0.05) is 43.2 Å². The van der Waals surface area contributed by atoms with E-state index in [9.17, 15) is 0 Å². The number of nitrogens with zero attached hydrogens (tertiary/aromatic N) is 2. The monoisotopic (exact) mass is 312 g/mol. The molecular formula is C16H32N4S. The second kappa shape index (κ2) is 8.89. The summed E-state index contributed by atoms with van der Waals surface area (Å²) in [6.45, 7) is 9.72. The summed E-state index contributed by atoms with van der Waals surface area (Å²) in [5.74, 6) is 3.58. The highest BCUT2D eigenvalue weighted by Crippen LogP contribution is 2.37. The molecule has 0 spiro atoms. The van der Waals surface area contributed by atoms with Crippen molar-refractivity contribution in [2.75, 3.05) is 44.2 Å². The Kier molecular flexibility index (Phi) is 7.17. The summed E-state index contributed by atoms with van der Waals surface area (Å²) in [6.07, 6.45) is 6.54. The average Bonchev–Trinajstić information content (AvgIpc) is 3.01. The van der Waals surface area contributed by atoms with Gasteiger partial charge < -0.3 is 10.6 Å². The van der Waals surface area contributed by atoms with Crippen molar-refractivity contribution >= 4 is 17.7 Å².